The number of nitrogens with one attached hydrogen (secondary N) is 1. The second-order valence-electron chi connectivity index (χ2n) is 9.46. The summed E-state index contributed by atoms with van der Waals surface area (Å²) >= 11 is 3.47. The summed E-state index contributed by atoms with van der Waals surface area (Å²) in [6.45, 7) is 6.11. The number of sulfonamides is 1. The van der Waals surface area contributed by atoms with Crippen LogP contribution < -0.4 is 9.62 Å². The van der Waals surface area contributed by atoms with E-state index in [-0.39, 0.29) is 37.4 Å². The van der Waals surface area contributed by atoms with Gasteiger partial charge in [0, 0.05) is 35.4 Å². The molecule has 0 spiro atoms. The van der Waals surface area contributed by atoms with Gasteiger partial charge in [-0.05, 0) is 61.9 Å². The molecular weight excluding hydrogens is 554 g/mol. The molecule has 0 radical (unpaired) electrons. The van der Waals surface area contributed by atoms with Crippen LogP contribution >= 0.6 is 15.9 Å². The number of amides is 2. The second-order valence-corrected chi connectivity index (χ2v) is 12.2. The molecule has 0 aliphatic carbocycles. The van der Waals surface area contributed by atoms with Gasteiger partial charge in [0.1, 0.15) is 6.04 Å². The Morgan fingerprint density at radius 2 is 1.76 bits per heavy atom. The molecule has 37 heavy (non-hydrogen) atoms. The molecule has 1 aliphatic heterocycles. The molecule has 0 saturated heterocycles. The predicted molar refractivity (Wildman–Crippen MR) is 150 cm³/mol. The first-order valence-electron chi connectivity index (χ1n) is 12.5. The van der Waals surface area contributed by atoms with Gasteiger partial charge in [0.25, 0.3) is 10.0 Å². The summed E-state index contributed by atoms with van der Waals surface area (Å²) in [5, 5.41) is 4.56. The minimum absolute atomic E-state index is 0.00230. The fourth-order valence-electron chi connectivity index (χ4n) is 4.60. The van der Waals surface area contributed by atoms with Gasteiger partial charge in [-0.25, -0.2) is 8.42 Å². The lowest BCUT2D eigenvalue weighted by molar-refractivity contribution is -0.140. The Morgan fingerprint density at radius 3 is 2.46 bits per heavy atom. The van der Waals surface area contributed by atoms with E-state index in [1.54, 1.807) is 30.0 Å². The molecule has 3 aromatic rings. The van der Waals surface area contributed by atoms with Crippen LogP contribution in [0.4, 0.5) is 5.69 Å². The van der Waals surface area contributed by atoms with Crippen molar-refractivity contribution in [2.45, 2.75) is 63.6 Å². The van der Waals surface area contributed by atoms with E-state index in [9.17, 15) is 18.0 Å². The fraction of sp³-hybridized carbons (Fsp3) is 0.357. The second kappa shape index (κ2) is 11.2. The Labute approximate surface area is 227 Å². The van der Waals surface area contributed by atoms with Crippen LogP contribution in [0.25, 0.3) is 10.8 Å². The number of anilines is 1. The zero-order valence-corrected chi connectivity index (χ0v) is 23.7. The quantitative estimate of drug-likeness (QED) is 0.353. The monoisotopic (exact) mass is 585 g/mol. The smallest absolute Gasteiger partial charge is 0.265 e. The Kier molecular flexibility index (Phi) is 8.23. The highest BCUT2D eigenvalue weighted by atomic mass is 79.9. The van der Waals surface area contributed by atoms with Crippen molar-refractivity contribution in [3.8, 4) is 0 Å². The zero-order valence-electron chi connectivity index (χ0n) is 21.3. The highest BCUT2D eigenvalue weighted by Gasteiger charge is 2.35. The molecule has 0 bridgehead atoms. The van der Waals surface area contributed by atoms with Gasteiger partial charge < -0.3 is 10.2 Å². The van der Waals surface area contributed by atoms with E-state index in [1.165, 1.54) is 4.31 Å². The Balaban J connectivity index is 1.50. The van der Waals surface area contributed by atoms with E-state index in [2.05, 4.69) is 21.2 Å². The summed E-state index contributed by atoms with van der Waals surface area (Å²) in [6, 6.07) is 17.8. The lowest BCUT2D eigenvalue weighted by atomic mass is 10.1. The van der Waals surface area contributed by atoms with Gasteiger partial charge >= 0.3 is 0 Å². The Hall–Kier alpha value is -2.91. The number of halogens is 1. The highest BCUT2D eigenvalue weighted by molar-refractivity contribution is 9.10. The lowest BCUT2D eigenvalue weighted by Gasteiger charge is -2.30. The molecule has 0 saturated carbocycles. The van der Waals surface area contributed by atoms with Crippen molar-refractivity contribution in [2.75, 3.05) is 10.8 Å². The third kappa shape index (κ3) is 5.67. The molecule has 2 amide bonds. The molecular formula is C28H32BrN3O4S. The summed E-state index contributed by atoms with van der Waals surface area (Å²) in [7, 11) is -3.68. The van der Waals surface area contributed by atoms with E-state index < -0.39 is 16.1 Å². The van der Waals surface area contributed by atoms with Crippen LogP contribution in [0.1, 0.15) is 45.6 Å². The van der Waals surface area contributed by atoms with Crippen LogP contribution in [0, 0.1) is 0 Å². The maximum Gasteiger partial charge on any atom is 0.265 e. The minimum atomic E-state index is -3.68. The number of hydrogen-bond donors (Lipinski definition) is 1. The SMILES string of the molecule is CC[C@H](C)NC(=O)[C@H](C)N(Cc1cccc(Br)c1)C(=O)CCCN1c2cccc3cccc(c23)S1(=O)=O. The molecule has 1 heterocycles. The van der Waals surface area contributed by atoms with Crippen molar-refractivity contribution in [2.24, 2.45) is 0 Å². The number of carbonyl (C=O) groups is 2. The zero-order chi connectivity index (χ0) is 26.7. The van der Waals surface area contributed by atoms with E-state index >= 15 is 0 Å². The van der Waals surface area contributed by atoms with Crippen molar-refractivity contribution >= 4 is 54.2 Å². The third-order valence-corrected chi connectivity index (χ3v) is 9.19. The van der Waals surface area contributed by atoms with Gasteiger partial charge in [-0.15, -0.1) is 0 Å². The summed E-state index contributed by atoms with van der Waals surface area (Å²) in [5.74, 6) is -0.402. The van der Waals surface area contributed by atoms with Crippen molar-refractivity contribution < 1.29 is 18.0 Å². The summed E-state index contributed by atoms with van der Waals surface area (Å²) in [5.41, 5.74) is 1.54. The van der Waals surface area contributed by atoms with Gasteiger partial charge in [-0.1, -0.05) is 59.3 Å². The van der Waals surface area contributed by atoms with Crippen LogP contribution in [0.15, 0.2) is 70.0 Å². The molecule has 0 unspecified atom stereocenters. The average Bonchev–Trinajstić information content (AvgIpc) is 3.09. The van der Waals surface area contributed by atoms with Gasteiger partial charge in [-0.2, -0.15) is 0 Å². The van der Waals surface area contributed by atoms with Crippen molar-refractivity contribution in [1.82, 2.24) is 10.2 Å². The van der Waals surface area contributed by atoms with E-state index in [0.29, 0.717) is 17.0 Å². The molecule has 4 rings (SSSR count). The standard InChI is InChI=1S/C28H32BrN3O4S/c1-4-19(2)30-28(34)20(3)31(18-21-9-5-12-23(29)17-21)26(33)15-8-16-32-24-13-6-10-22-11-7-14-25(27(22)24)37(32,35)36/h5-7,9-14,17,19-20H,4,8,15-16,18H2,1-3H3,(H,30,34)/t19-,20-/m0/s1. The fourth-order valence-corrected chi connectivity index (χ4v) is 6.79. The van der Waals surface area contributed by atoms with E-state index in [1.807, 2.05) is 56.3 Å². The predicted octanol–water partition coefficient (Wildman–Crippen LogP) is 5.22. The number of hydrogen-bond acceptors (Lipinski definition) is 4. The normalized spacial score (nSPS) is 15.4. The van der Waals surface area contributed by atoms with Gasteiger partial charge in [-0.3, -0.25) is 13.9 Å². The highest BCUT2D eigenvalue weighted by Crippen LogP contribution is 2.42. The summed E-state index contributed by atoms with van der Waals surface area (Å²) in [4.78, 5) is 28.2. The average molecular weight is 587 g/mol. The third-order valence-electron chi connectivity index (χ3n) is 6.84. The Morgan fingerprint density at radius 1 is 1.05 bits per heavy atom. The Bertz CT molecular complexity index is 1420. The molecule has 196 valence electrons. The van der Waals surface area contributed by atoms with Crippen LogP contribution in [0.5, 0.6) is 0 Å². The van der Waals surface area contributed by atoms with Crippen LogP contribution in [0.2, 0.25) is 0 Å². The molecule has 2 atom stereocenters. The number of rotatable bonds is 10. The first-order chi connectivity index (χ1) is 17.6. The molecule has 1 aliphatic rings. The number of benzene rings is 3. The molecule has 1 N–H and O–H groups in total. The first kappa shape index (κ1) is 27.1. The van der Waals surface area contributed by atoms with E-state index in [0.717, 1.165) is 27.2 Å². The van der Waals surface area contributed by atoms with E-state index in [4.69, 9.17) is 0 Å². The number of carbonyl (C=O) groups excluding carboxylic acids is 2. The molecule has 7 nitrogen and oxygen atoms in total. The summed E-state index contributed by atoms with van der Waals surface area (Å²) < 4.78 is 28.8. The van der Waals surface area contributed by atoms with Crippen molar-refractivity contribution in [3.63, 3.8) is 0 Å². The maximum atomic E-state index is 13.4. The largest absolute Gasteiger partial charge is 0.352 e. The van der Waals surface area contributed by atoms with Crippen molar-refractivity contribution in [1.29, 1.82) is 0 Å². The molecule has 0 fully saturated rings. The molecule has 0 aromatic heterocycles. The summed E-state index contributed by atoms with van der Waals surface area (Å²) in [6.07, 6.45) is 1.24. The minimum Gasteiger partial charge on any atom is -0.352 e. The maximum absolute atomic E-state index is 13.4. The van der Waals surface area contributed by atoms with Gasteiger partial charge in [0.15, 0.2) is 0 Å². The first-order valence-corrected chi connectivity index (χ1v) is 14.8. The molecule has 3 aromatic carbocycles. The van der Waals surface area contributed by atoms with Crippen LogP contribution in [-0.4, -0.2) is 43.8 Å². The van der Waals surface area contributed by atoms with Crippen molar-refractivity contribution in [3.05, 3.63) is 70.7 Å². The van der Waals surface area contributed by atoms with Gasteiger partial charge in [0.05, 0.1) is 10.6 Å². The van der Waals surface area contributed by atoms with Crippen LogP contribution in [0.3, 0.4) is 0 Å². The molecule has 9 heteroatoms. The van der Waals surface area contributed by atoms with Crippen LogP contribution in [-0.2, 0) is 26.2 Å². The van der Waals surface area contributed by atoms with Gasteiger partial charge in [0.2, 0.25) is 11.8 Å². The topological polar surface area (TPSA) is 86.8 Å². The number of nitrogens with zero attached hydrogens (tertiary/aromatic N) is 2. The lowest BCUT2D eigenvalue weighted by Crippen LogP contribution is -2.49.